The first kappa shape index (κ1) is 30.4. The third kappa shape index (κ3) is 3.92. The van der Waals surface area contributed by atoms with Gasteiger partial charge in [0.25, 0.3) is 0 Å². The van der Waals surface area contributed by atoms with E-state index in [4.69, 9.17) is 4.42 Å². The molecule has 0 aliphatic carbocycles. The van der Waals surface area contributed by atoms with Crippen molar-refractivity contribution in [1.29, 1.82) is 10.5 Å². The van der Waals surface area contributed by atoms with Crippen LogP contribution in [0.15, 0.2) is 168 Å². The van der Waals surface area contributed by atoms with Crippen LogP contribution in [0, 0.1) is 22.7 Å². The minimum atomic E-state index is 0.458. The van der Waals surface area contributed by atoms with Gasteiger partial charge in [-0.25, -0.2) is 0 Å². The molecule has 0 aliphatic rings. The van der Waals surface area contributed by atoms with E-state index >= 15 is 0 Å². The molecule has 4 heterocycles. The Balaban J connectivity index is 1.21. The quantitative estimate of drug-likeness (QED) is 0.183. The van der Waals surface area contributed by atoms with Gasteiger partial charge in [0.05, 0.1) is 61.0 Å². The van der Waals surface area contributed by atoms with Gasteiger partial charge in [0.2, 0.25) is 0 Å². The molecule has 0 bridgehead atoms. The second kappa shape index (κ2) is 11.2. The van der Waals surface area contributed by atoms with E-state index in [1.165, 1.54) is 10.8 Å². The fourth-order valence-electron chi connectivity index (χ4n) is 9.23. The second-order valence-corrected chi connectivity index (χ2v) is 14.3. The van der Waals surface area contributed by atoms with Crippen molar-refractivity contribution in [2.75, 3.05) is 0 Å². The molecule has 0 aliphatic heterocycles. The van der Waals surface area contributed by atoms with Gasteiger partial charge in [-0.3, -0.25) is 0 Å². The Hall–Kier alpha value is -8.06. The fraction of sp³-hybridized carbons (Fsp3) is 0. The predicted molar refractivity (Wildman–Crippen MR) is 226 cm³/mol. The first-order chi connectivity index (χ1) is 27.7. The van der Waals surface area contributed by atoms with Gasteiger partial charge in [0.1, 0.15) is 23.3 Å². The molecular formula is C50H27N5O. The van der Waals surface area contributed by atoms with Crippen molar-refractivity contribution in [2.24, 2.45) is 0 Å². The summed E-state index contributed by atoms with van der Waals surface area (Å²) in [4.78, 5) is 0. The summed E-state index contributed by atoms with van der Waals surface area (Å²) in [6.07, 6.45) is 0. The van der Waals surface area contributed by atoms with E-state index in [2.05, 4.69) is 141 Å². The average molecular weight is 714 g/mol. The lowest BCUT2D eigenvalue weighted by molar-refractivity contribution is 0.673. The first-order valence-electron chi connectivity index (χ1n) is 18.6. The maximum Gasteiger partial charge on any atom is 0.145 e. The van der Waals surface area contributed by atoms with Crippen molar-refractivity contribution in [1.82, 2.24) is 13.7 Å². The van der Waals surface area contributed by atoms with Crippen LogP contribution in [0.1, 0.15) is 11.1 Å². The second-order valence-electron chi connectivity index (χ2n) is 14.3. The lowest BCUT2D eigenvalue weighted by atomic mass is 10.1. The van der Waals surface area contributed by atoms with E-state index in [1.54, 1.807) is 12.1 Å². The average Bonchev–Trinajstić information content (AvgIpc) is 3.99. The fourth-order valence-corrected chi connectivity index (χ4v) is 9.23. The standard InChI is InChI=1S/C50H27N5O/c51-28-30-21-22-31(29-52)49(55-43-19-9-4-15-38(43)47-45(55)26-24-37-36-14-5-10-20-46(36)56-50(37)47)48(30)54-42-18-8-3-13-35(42)39-27-32(23-25-44(39)54)53-40-16-6-1-11-33(40)34-12-2-7-17-41(34)53/h1-27H. The van der Waals surface area contributed by atoms with Crippen LogP contribution in [0.4, 0.5) is 0 Å². The number of benzene rings is 8. The van der Waals surface area contributed by atoms with Crippen molar-refractivity contribution < 1.29 is 4.42 Å². The topological polar surface area (TPSA) is 75.5 Å². The van der Waals surface area contributed by atoms with Gasteiger partial charge < -0.3 is 18.1 Å². The van der Waals surface area contributed by atoms with E-state index in [0.717, 1.165) is 82.3 Å². The Bertz CT molecular complexity index is 3690. The van der Waals surface area contributed by atoms with Gasteiger partial charge in [0, 0.05) is 43.4 Å². The number of aromatic nitrogens is 3. The molecule has 0 N–H and O–H groups in total. The van der Waals surface area contributed by atoms with Crippen LogP contribution < -0.4 is 0 Å². The van der Waals surface area contributed by atoms with E-state index in [9.17, 15) is 10.5 Å². The molecule has 8 aromatic carbocycles. The molecule has 12 aromatic rings. The molecule has 0 radical (unpaired) electrons. The Kier molecular flexibility index (Phi) is 6.10. The van der Waals surface area contributed by atoms with E-state index < -0.39 is 0 Å². The molecule has 0 atom stereocenters. The van der Waals surface area contributed by atoms with Crippen molar-refractivity contribution in [3.05, 3.63) is 175 Å². The number of nitriles is 2. The minimum Gasteiger partial charge on any atom is -0.455 e. The molecule has 6 nitrogen and oxygen atoms in total. The van der Waals surface area contributed by atoms with Gasteiger partial charge in [0.15, 0.2) is 0 Å². The smallest absolute Gasteiger partial charge is 0.145 e. The molecule has 0 fully saturated rings. The maximum atomic E-state index is 10.9. The highest BCUT2D eigenvalue weighted by Gasteiger charge is 2.26. The molecule has 258 valence electrons. The van der Waals surface area contributed by atoms with Crippen molar-refractivity contribution in [2.45, 2.75) is 0 Å². The first-order valence-corrected chi connectivity index (χ1v) is 18.6. The van der Waals surface area contributed by atoms with Gasteiger partial charge in [-0.15, -0.1) is 0 Å². The summed E-state index contributed by atoms with van der Waals surface area (Å²) in [5.74, 6) is 0. The van der Waals surface area contributed by atoms with Gasteiger partial charge in [-0.05, 0) is 72.8 Å². The van der Waals surface area contributed by atoms with E-state index in [1.807, 2.05) is 36.4 Å². The summed E-state index contributed by atoms with van der Waals surface area (Å²) in [5, 5.41) is 30.3. The zero-order valence-corrected chi connectivity index (χ0v) is 29.7. The predicted octanol–water partition coefficient (Wildman–Crippen LogP) is 12.6. The summed E-state index contributed by atoms with van der Waals surface area (Å²) in [7, 11) is 0. The van der Waals surface area contributed by atoms with Crippen LogP contribution in [-0.2, 0) is 0 Å². The van der Waals surface area contributed by atoms with Crippen LogP contribution in [-0.4, -0.2) is 13.7 Å². The number of fused-ring (bicyclic) bond motifs is 13. The molecule has 6 heteroatoms. The van der Waals surface area contributed by atoms with E-state index in [-0.39, 0.29) is 0 Å². The number of para-hydroxylation sites is 5. The van der Waals surface area contributed by atoms with Gasteiger partial charge in [-0.1, -0.05) is 91.0 Å². The third-order valence-electron chi connectivity index (χ3n) is 11.5. The summed E-state index contributed by atoms with van der Waals surface area (Å²) >= 11 is 0. The molecule has 56 heavy (non-hydrogen) atoms. The Labute approximate surface area is 319 Å². The molecule has 0 saturated heterocycles. The molecule has 12 rings (SSSR count). The van der Waals surface area contributed by atoms with E-state index in [0.29, 0.717) is 22.5 Å². The Morgan fingerprint density at radius 2 is 0.839 bits per heavy atom. The number of hydrogen-bond donors (Lipinski definition) is 0. The van der Waals surface area contributed by atoms with Crippen LogP contribution >= 0.6 is 0 Å². The Morgan fingerprint density at radius 1 is 0.375 bits per heavy atom. The zero-order chi connectivity index (χ0) is 37.1. The number of furan rings is 1. The summed E-state index contributed by atoms with van der Waals surface area (Å²) < 4.78 is 13.3. The van der Waals surface area contributed by atoms with Crippen LogP contribution in [0.3, 0.4) is 0 Å². The summed E-state index contributed by atoms with van der Waals surface area (Å²) in [5.41, 5.74) is 10.8. The highest BCUT2D eigenvalue weighted by Crippen LogP contribution is 2.44. The molecule has 0 spiro atoms. The molecular weight excluding hydrogens is 687 g/mol. The van der Waals surface area contributed by atoms with Gasteiger partial charge >= 0.3 is 0 Å². The largest absolute Gasteiger partial charge is 0.455 e. The molecule has 4 aromatic heterocycles. The minimum absolute atomic E-state index is 0.458. The van der Waals surface area contributed by atoms with Crippen LogP contribution in [0.2, 0.25) is 0 Å². The number of rotatable bonds is 3. The maximum absolute atomic E-state index is 10.9. The highest BCUT2D eigenvalue weighted by atomic mass is 16.3. The summed E-state index contributed by atoms with van der Waals surface area (Å²) in [6, 6.07) is 61.1. The monoisotopic (exact) mass is 713 g/mol. The molecule has 0 unspecified atom stereocenters. The van der Waals surface area contributed by atoms with Gasteiger partial charge in [-0.2, -0.15) is 10.5 Å². The number of nitrogens with zero attached hydrogens (tertiary/aromatic N) is 5. The normalized spacial score (nSPS) is 11.9. The Morgan fingerprint density at radius 3 is 1.46 bits per heavy atom. The van der Waals surface area contributed by atoms with Crippen LogP contribution in [0.25, 0.3) is 104 Å². The molecule has 0 saturated carbocycles. The van der Waals surface area contributed by atoms with Crippen LogP contribution in [0.5, 0.6) is 0 Å². The summed E-state index contributed by atoms with van der Waals surface area (Å²) in [6.45, 7) is 0. The lowest BCUT2D eigenvalue weighted by Crippen LogP contribution is -2.08. The number of hydrogen-bond acceptors (Lipinski definition) is 3. The molecule has 0 amide bonds. The zero-order valence-electron chi connectivity index (χ0n) is 29.7. The third-order valence-corrected chi connectivity index (χ3v) is 11.5. The lowest BCUT2D eigenvalue weighted by Gasteiger charge is -2.19. The highest BCUT2D eigenvalue weighted by molar-refractivity contribution is 6.24. The van der Waals surface area contributed by atoms with Crippen molar-refractivity contribution in [3.63, 3.8) is 0 Å². The SMILES string of the molecule is N#Cc1ccc(C#N)c(-n2c3ccccc3c3c4oc5ccccc5c4ccc32)c1-n1c2ccccc2c2cc(-n3c4ccccc4c4ccccc43)ccc21. The van der Waals surface area contributed by atoms with Crippen molar-refractivity contribution in [3.8, 4) is 29.2 Å². The van der Waals surface area contributed by atoms with Crippen molar-refractivity contribution >= 4 is 87.4 Å².